The number of carbonyl (C=O) groups excluding carboxylic acids is 2. The number of aliphatic hydroxyl groups excluding tert-OH is 1. The molecule has 1 rings (SSSR count). The Balaban J connectivity index is 2.93. The van der Waals surface area contributed by atoms with E-state index < -0.39 is 17.6 Å². The van der Waals surface area contributed by atoms with Crippen LogP contribution in [0.3, 0.4) is 0 Å². The molecule has 7 nitrogen and oxygen atoms in total. The minimum Gasteiger partial charge on any atom is -0.508 e. The first-order valence-electron chi connectivity index (χ1n) is 8.93. The molecule has 1 aromatic carbocycles. The number of amides is 2. The zero-order valence-corrected chi connectivity index (χ0v) is 17.0. The molecule has 152 valence electrons. The van der Waals surface area contributed by atoms with Crippen molar-refractivity contribution < 1.29 is 19.8 Å². The first kappa shape index (κ1) is 23.1. The summed E-state index contributed by atoms with van der Waals surface area (Å²) in [7, 11) is 0. The number of allylic oxidation sites excluding steroid dienone is 2. The number of aliphatic imine (C=N–C) groups is 1. The summed E-state index contributed by atoms with van der Waals surface area (Å²) in [6.45, 7) is 12.3. The molecule has 7 heteroatoms. The lowest BCUT2D eigenvalue weighted by atomic mass is 10.0. The second kappa shape index (κ2) is 9.85. The Kier molecular flexibility index (Phi) is 8.13. The number of rotatable bonds is 7. The van der Waals surface area contributed by atoms with E-state index in [9.17, 15) is 19.8 Å². The molecule has 28 heavy (non-hydrogen) atoms. The van der Waals surface area contributed by atoms with Crippen molar-refractivity contribution in [1.29, 1.82) is 0 Å². The van der Waals surface area contributed by atoms with Gasteiger partial charge in [-0.15, -0.1) is 0 Å². The number of nitrogens with zero attached hydrogens (tertiary/aromatic N) is 1. The Labute approximate surface area is 165 Å². The molecule has 0 fully saturated rings. The molecule has 0 saturated heterocycles. The number of carbonyl (C=O) groups is 2. The van der Waals surface area contributed by atoms with E-state index in [0.29, 0.717) is 16.8 Å². The zero-order valence-electron chi connectivity index (χ0n) is 17.0. The first-order chi connectivity index (χ1) is 13.0. The highest BCUT2D eigenvalue weighted by atomic mass is 16.3. The van der Waals surface area contributed by atoms with E-state index in [1.807, 2.05) is 20.8 Å². The summed E-state index contributed by atoms with van der Waals surface area (Å²) in [5.74, 6) is -0.824. The van der Waals surface area contributed by atoms with Crippen molar-refractivity contribution in [2.24, 2.45) is 4.99 Å². The Morgan fingerprint density at radius 2 is 1.96 bits per heavy atom. The maximum Gasteiger partial charge on any atom is 0.270 e. The molecule has 4 N–H and O–H groups in total. The predicted octanol–water partition coefficient (Wildman–Crippen LogP) is 2.51. The maximum atomic E-state index is 12.4. The van der Waals surface area contributed by atoms with Gasteiger partial charge in [-0.3, -0.25) is 14.6 Å². The van der Waals surface area contributed by atoms with Crippen LogP contribution in [-0.2, 0) is 16.0 Å². The summed E-state index contributed by atoms with van der Waals surface area (Å²) in [5.41, 5.74) is 1.00. The normalized spacial score (nSPS) is 13.6. The van der Waals surface area contributed by atoms with Crippen molar-refractivity contribution in [2.45, 2.75) is 52.7 Å². The van der Waals surface area contributed by atoms with Crippen molar-refractivity contribution >= 4 is 18.5 Å². The lowest BCUT2D eigenvalue weighted by Crippen LogP contribution is -2.41. The summed E-state index contributed by atoms with van der Waals surface area (Å²) in [6.07, 6.45) is 2.25. The van der Waals surface area contributed by atoms with Crippen LogP contribution in [0.15, 0.2) is 46.7 Å². The van der Waals surface area contributed by atoms with Crippen LogP contribution < -0.4 is 10.6 Å². The monoisotopic (exact) mass is 387 g/mol. The zero-order chi connectivity index (χ0) is 21.5. The minimum atomic E-state index is -0.709. The smallest absolute Gasteiger partial charge is 0.270 e. The largest absolute Gasteiger partial charge is 0.508 e. The van der Waals surface area contributed by atoms with Crippen LogP contribution in [0.2, 0.25) is 0 Å². The van der Waals surface area contributed by atoms with Gasteiger partial charge in [0.1, 0.15) is 11.4 Å². The molecule has 1 atom stereocenters. The average molecular weight is 387 g/mol. The fraction of sp³-hybridized carbons (Fsp3) is 0.381. The van der Waals surface area contributed by atoms with E-state index in [1.54, 1.807) is 32.1 Å². The summed E-state index contributed by atoms with van der Waals surface area (Å²) < 4.78 is 0. The van der Waals surface area contributed by atoms with Gasteiger partial charge < -0.3 is 20.8 Å². The number of benzene rings is 1. The summed E-state index contributed by atoms with van der Waals surface area (Å²) in [6, 6.07) is 4.62. The topological polar surface area (TPSA) is 111 Å². The molecule has 0 radical (unpaired) electrons. The van der Waals surface area contributed by atoms with Crippen LogP contribution in [0.25, 0.3) is 0 Å². The number of aliphatic hydroxyl groups is 1. The van der Waals surface area contributed by atoms with Crippen LogP contribution >= 0.6 is 0 Å². The van der Waals surface area contributed by atoms with Gasteiger partial charge in [-0.1, -0.05) is 12.1 Å². The highest BCUT2D eigenvalue weighted by Crippen LogP contribution is 2.22. The number of phenolic OH excluding ortho intramolecular Hbond substituents is 1. The average Bonchev–Trinajstić information content (AvgIpc) is 2.58. The van der Waals surface area contributed by atoms with Gasteiger partial charge in [0.25, 0.3) is 5.91 Å². The third-order valence-electron chi connectivity index (χ3n) is 3.72. The van der Waals surface area contributed by atoms with E-state index in [0.717, 1.165) is 0 Å². The van der Waals surface area contributed by atoms with Gasteiger partial charge in [-0.05, 0) is 65.1 Å². The predicted molar refractivity (Wildman–Crippen MR) is 110 cm³/mol. The van der Waals surface area contributed by atoms with E-state index >= 15 is 0 Å². The molecule has 0 aromatic heterocycles. The van der Waals surface area contributed by atoms with Gasteiger partial charge in [0.15, 0.2) is 0 Å². The molecule has 0 aliphatic heterocycles. The number of phenols is 1. The van der Waals surface area contributed by atoms with Gasteiger partial charge in [-0.25, -0.2) is 0 Å². The van der Waals surface area contributed by atoms with E-state index in [1.165, 1.54) is 12.1 Å². The second-order valence-corrected chi connectivity index (χ2v) is 7.42. The van der Waals surface area contributed by atoms with Crippen molar-refractivity contribution in [3.63, 3.8) is 0 Å². The summed E-state index contributed by atoms with van der Waals surface area (Å²) >= 11 is 0. The maximum absolute atomic E-state index is 12.4. The molecular formula is C21H29N3O4. The van der Waals surface area contributed by atoms with Crippen molar-refractivity contribution in [1.82, 2.24) is 10.6 Å². The third kappa shape index (κ3) is 7.36. The standard InChI is InChI=1S/C21H29N3O4/c1-7-16(12-17(22-6)20(28)24-21(3,4)5)23-19(27)11-15-10-14(13(2)25)8-9-18(15)26/h7-10,12-13,25-26H,6,11H2,1-5H3,(H,23,27)(H,24,28)/b16-7+,17-12-. The van der Waals surface area contributed by atoms with Crippen LogP contribution in [0.1, 0.15) is 51.8 Å². The molecule has 0 saturated carbocycles. The molecule has 2 amide bonds. The van der Waals surface area contributed by atoms with Crippen molar-refractivity contribution in [3.8, 4) is 5.75 Å². The Bertz CT molecular complexity index is 802. The second-order valence-electron chi connectivity index (χ2n) is 7.42. The molecule has 0 aliphatic rings. The molecular weight excluding hydrogens is 358 g/mol. The van der Waals surface area contributed by atoms with E-state index in [4.69, 9.17) is 0 Å². The van der Waals surface area contributed by atoms with Gasteiger partial charge in [-0.2, -0.15) is 0 Å². The number of hydrogen-bond donors (Lipinski definition) is 4. The van der Waals surface area contributed by atoms with Crippen LogP contribution in [-0.4, -0.2) is 34.3 Å². The number of nitrogens with one attached hydrogen (secondary N) is 2. The third-order valence-corrected chi connectivity index (χ3v) is 3.72. The number of aromatic hydroxyl groups is 1. The summed E-state index contributed by atoms with van der Waals surface area (Å²) in [5, 5.41) is 25.1. The molecule has 0 heterocycles. The highest BCUT2D eigenvalue weighted by Gasteiger charge is 2.17. The SMILES string of the molecule is C=N/C(=C\C(=C/C)NC(=O)Cc1cc(C(C)O)ccc1O)C(=O)NC(C)(C)C. The van der Waals surface area contributed by atoms with Crippen LogP contribution in [0.4, 0.5) is 0 Å². The van der Waals surface area contributed by atoms with Gasteiger partial charge in [0.2, 0.25) is 5.91 Å². The Morgan fingerprint density at radius 3 is 2.46 bits per heavy atom. The molecule has 1 aromatic rings. The number of hydrogen-bond acceptors (Lipinski definition) is 5. The van der Waals surface area contributed by atoms with E-state index in [2.05, 4.69) is 22.3 Å². The van der Waals surface area contributed by atoms with Crippen molar-refractivity contribution in [3.05, 3.63) is 52.9 Å². The fourth-order valence-corrected chi connectivity index (χ4v) is 2.31. The van der Waals surface area contributed by atoms with Gasteiger partial charge >= 0.3 is 0 Å². The van der Waals surface area contributed by atoms with Crippen LogP contribution in [0, 0.1) is 0 Å². The van der Waals surface area contributed by atoms with Crippen LogP contribution in [0.5, 0.6) is 5.75 Å². The van der Waals surface area contributed by atoms with Gasteiger partial charge in [0, 0.05) is 16.8 Å². The van der Waals surface area contributed by atoms with Gasteiger partial charge in [0.05, 0.1) is 12.5 Å². The fourth-order valence-electron chi connectivity index (χ4n) is 2.31. The molecule has 0 spiro atoms. The lowest BCUT2D eigenvalue weighted by Gasteiger charge is -2.20. The van der Waals surface area contributed by atoms with E-state index in [-0.39, 0.29) is 23.8 Å². The quantitative estimate of drug-likeness (QED) is 0.327. The minimum absolute atomic E-state index is 0.0323. The summed E-state index contributed by atoms with van der Waals surface area (Å²) in [4.78, 5) is 28.4. The van der Waals surface area contributed by atoms with Crippen molar-refractivity contribution in [2.75, 3.05) is 0 Å². The Morgan fingerprint density at radius 1 is 1.32 bits per heavy atom. The molecule has 0 aliphatic carbocycles. The first-order valence-corrected chi connectivity index (χ1v) is 8.93. The lowest BCUT2D eigenvalue weighted by molar-refractivity contribution is -0.120. The highest BCUT2D eigenvalue weighted by molar-refractivity contribution is 5.95. The molecule has 0 bridgehead atoms. The Hall–Kier alpha value is -2.93. The molecule has 1 unspecified atom stereocenters.